The van der Waals surface area contributed by atoms with E-state index in [9.17, 15) is 4.79 Å². The number of carboxylic acid groups (broad SMARTS) is 1. The van der Waals surface area contributed by atoms with Crippen LogP contribution < -0.4 is 5.32 Å². The van der Waals surface area contributed by atoms with Crippen molar-refractivity contribution in [3.63, 3.8) is 0 Å². The molecule has 2 N–H and O–H groups in total. The molecular formula is C14H18BrNO2. The molecule has 18 heavy (non-hydrogen) atoms. The van der Waals surface area contributed by atoms with Gasteiger partial charge < -0.3 is 10.4 Å². The van der Waals surface area contributed by atoms with Crippen molar-refractivity contribution in [3.05, 3.63) is 46.5 Å². The summed E-state index contributed by atoms with van der Waals surface area (Å²) in [5.74, 6) is -0.913. The highest BCUT2D eigenvalue weighted by atomic mass is 79.9. The fraction of sp³-hybridized carbons (Fsp3) is 0.357. The number of nitrogens with one attached hydrogen (secondary N) is 1. The molecule has 0 aromatic heterocycles. The molecule has 0 bridgehead atoms. The van der Waals surface area contributed by atoms with E-state index in [4.69, 9.17) is 5.11 Å². The number of carbonyl (C=O) groups is 1. The van der Waals surface area contributed by atoms with Crippen molar-refractivity contribution >= 4 is 21.9 Å². The molecule has 4 heteroatoms. The van der Waals surface area contributed by atoms with Gasteiger partial charge in [0.05, 0.1) is 0 Å². The Balaban J connectivity index is 2.49. The minimum absolute atomic E-state index is 0.0117. The smallest absolute Gasteiger partial charge is 0.328 e. The summed E-state index contributed by atoms with van der Waals surface area (Å²) in [6, 6.07) is 8.25. The van der Waals surface area contributed by atoms with Gasteiger partial charge in [-0.2, -0.15) is 0 Å². The maximum Gasteiger partial charge on any atom is 0.328 e. The number of aliphatic carboxylic acids is 1. The Morgan fingerprint density at radius 3 is 2.56 bits per heavy atom. The van der Waals surface area contributed by atoms with Gasteiger partial charge in [-0.1, -0.05) is 48.0 Å². The molecule has 0 saturated heterocycles. The van der Waals surface area contributed by atoms with E-state index in [1.165, 1.54) is 5.56 Å². The van der Waals surface area contributed by atoms with Crippen molar-refractivity contribution in [1.29, 1.82) is 0 Å². The molecule has 0 amide bonds. The standard InChI is InChI=1S/C14H18BrNO2/c1-14(2,10-16-9-3-4-13(17)18)11-5-7-12(15)8-6-11/h3-8,16H,9-10H2,1-2H3,(H,17,18)/b4-3+. The lowest BCUT2D eigenvalue weighted by atomic mass is 9.84. The lowest BCUT2D eigenvalue weighted by Gasteiger charge is -2.25. The van der Waals surface area contributed by atoms with Crippen molar-refractivity contribution in [2.24, 2.45) is 0 Å². The van der Waals surface area contributed by atoms with Gasteiger partial charge in [-0.3, -0.25) is 0 Å². The van der Waals surface area contributed by atoms with Gasteiger partial charge in [-0.05, 0) is 17.7 Å². The van der Waals surface area contributed by atoms with Crippen LogP contribution in [0.2, 0.25) is 0 Å². The molecule has 0 aliphatic carbocycles. The van der Waals surface area contributed by atoms with E-state index >= 15 is 0 Å². The summed E-state index contributed by atoms with van der Waals surface area (Å²) < 4.78 is 1.07. The summed E-state index contributed by atoms with van der Waals surface area (Å²) in [7, 11) is 0. The van der Waals surface area contributed by atoms with Gasteiger partial charge in [0.2, 0.25) is 0 Å². The van der Waals surface area contributed by atoms with E-state index in [0.29, 0.717) is 6.54 Å². The van der Waals surface area contributed by atoms with Crippen molar-refractivity contribution in [3.8, 4) is 0 Å². The molecule has 0 aliphatic heterocycles. The minimum Gasteiger partial charge on any atom is -0.478 e. The number of carboxylic acids is 1. The lowest BCUT2D eigenvalue weighted by Crippen LogP contribution is -2.33. The van der Waals surface area contributed by atoms with Crippen LogP contribution in [0, 0.1) is 0 Å². The molecule has 98 valence electrons. The summed E-state index contributed by atoms with van der Waals surface area (Å²) in [6.07, 6.45) is 2.76. The van der Waals surface area contributed by atoms with Gasteiger partial charge in [-0.15, -0.1) is 0 Å². The van der Waals surface area contributed by atoms with Crippen molar-refractivity contribution < 1.29 is 9.90 Å². The summed E-state index contributed by atoms with van der Waals surface area (Å²) in [4.78, 5) is 10.3. The summed E-state index contributed by atoms with van der Waals surface area (Å²) in [5.41, 5.74) is 1.26. The molecule has 1 aromatic carbocycles. The Morgan fingerprint density at radius 1 is 1.39 bits per heavy atom. The third-order valence-electron chi connectivity index (χ3n) is 2.72. The predicted molar refractivity (Wildman–Crippen MR) is 76.8 cm³/mol. The molecule has 0 fully saturated rings. The van der Waals surface area contributed by atoms with Crippen LogP contribution in [-0.4, -0.2) is 24.2 Å². The van der Waals surface area contributed by atoms with Crippen LogP contribution in [0.3, 0.4) is 0 Å². The summed E-state index contributed by atoms with van der Waals surface area (Å²) in [5, 5.41) is 11.7. The normalized spacial score (nSPS) is 11.9. The van der Waals surface area contributed by atoms with Crippen molar-refractivity contribution in [2.45, 2.75) is 19.3 Å². The average Bonchev–Trinajstić information content (AvgIpc) is 2.28. The number of benzene rings is 1. The van der Waals surface area contributed by atoms with E-state index in [1.807, 2.05) is 12.1 Å². The Hall–Kier alpha value is -1.13. The van der Waals surface area contributed by atoms with Gasteiger partial charge >= 0.3 is 5.97 Å². The van der Waals surface area contributed by atoms with Crippen molar-refractivity contribution in [1.82, 2.24) is 5.32 Å². The van der Waals surface area contributed by atoms with Gasteiger partial charge in [0, 0.05) is 29.1 Å². The summed E-state index contributed by atoms with van der Waals surface area (Å²) >= 11 is 3.42. The fourth-order valence-corrected chi connectivity index (χ4v) is 1.90. The monoisotopic (exact) mass is 311 g/mol. The van der Waals surface area contributed by atoms with Crippen LogP contribution in [0.4, 0.5) is 0 Å². The molecule has 3 nitrogen and oxygen atoms in total. The van der Waals surface area contributed by atoms with Gasteiger partial charge in [0.25, 0.3) is 0 Å². The van der Waals surface area contributed by atoms with E-state index < -0.39 is 5.97 Å². The number of halogens is 1. The van der Waals surface area contributed by atoms with Crippen LogP contribution in [-0.2, 0) is 10.2 Å². The average molecular weight is 312 g/mol. The second kappa shape index (κ2) is 6.71. The zero-order chi connectivity index (χ0) is 13.6. The first-order valence-electron chi connectivity index (χ1n) is 5.78. The minimum atomic E-state index is -0.913. The highest BCUT2D eigenvalue weighted by Crippen LogP contribution is 2.23. The fourth-order valence-electron chi connectivity index (χ4n) is 1.63. The van der Waals surface area contributed by atoms with E-state index in [2.05, 4.69) is 47.2 Å². The maximum absolute atomic E-state index is 10.3. The topological polar surface area (TPSA) is 49.3 Å². The van der Waals surface area contributed by atoms with Crippen LogP contribution in [0.25, 0.3) is 0 Å². The molecule has 1 rings (SSSR count). The van der Waals surface area contributed by atoms with E-state index in [1.54, 1.807) is 6.08 Å². The molecular weight excluding hydrogens is 294 g/mol. The number of hydrogen-bond acceptors (Lipinski definition) is 2. The maximum atomic E-state index is 10.3. The molecule has 1 aromatic rings. The Labute approximate surface area is 116 Å². The molecule has 0 aliphatic rings. The van der Waals surface area contributed by atoms with E-state index in [0.717, 1.165) is 17.1 Å². The zero-order valence-electron chi connectivity index (χ0n) is 10.6. The first kappa shape index (κ1) is 14.9. The van der Waals surface area contributed by atoms with Crippen LogP contribution >= 0.6 is 15.9 Å². The number of rotatable bonds is 6. The third-order valence-corrected chi connectivity index (χ3v) is 3.24. The highest BCUT2D eigenvalue weighted by molar-refractivity contribution is 9.10. The second-order valence-electron chi connectivity index (χ2n) is 4.76. The molecule has 0 unspecified atom stereocenters. The van der Waals surface area contributed by atoms with Crippen molar-refractivity contribution in [2.75, 3.05) is 13.1 Å². The van der Waals surface area contributed by atoms with Gasteiger partial charge in [0.1, 0.15) is 0 Å². The molecule has 0 heterocycles. The Morgan fingerprint density at radius 2 is 2.00 bits per heavy atom. The van der Waals surface area contributed by atoms with Gasteiger partial charge in [0.15, 0.2) is 0 Å². The SMILES string of the molecule is CC(C)(CNC/C=C/C(=O)O)c1ccc(Br)cc1. The van der Waals surface area contributed by atoms with Crippen LogP contribution in [0.15, 0.2) is 40.9 Å². The van der Waals surface area contributed by atoms with Crippen LogP contribution in [0.1, 0.15) is 19.4 Å². The van der Waals surface area contributed by atoms with E-state index in [-0.39, 0.29) is 5.41 Å². The molecule has 0 saturated carbocycles. The van der Waals surface area contributed by atoms with Crippen LogP contribution in [0.5, 0.6) is 0 Å². The quantitative estimate of drug-likeness (QED) is 0.627. The second-order valence-corrected chi connectivity index (χ2v) is 5.68. The predicted octanol–water partition coefficient (Wildman–Crippen LogP) is 2.96. The largest absolute Gasteiger partial charge is 0.478 e. The zero-order valence-corrected chi connectivity index (χ0v) is 12.2. The number of hydrogen-bond donors (Lipinski definition) is 2. The summed E-state index contributed by atoms with van der Waals surface area (Å²) in [6.45, 7) is 5.67. The first-order chi connectivity index (χ1) is 8.42. The Kier molecular flexibility index (Phi) is 5.56. The molecule has 0 radical (unpaired) electrons. The molecule has 0 atom stereocenters. The Bertz CT molecular complexity index is 424. The lowest BCUT2D eigenvalue weighted by molar-refractivity contribution is -0.131. The molecule has 0 spiro atoms. The third kappa shape index (κ3) is 5.02. The van der Waals surface area contributed by atoms with Gasteiger partial charge in [-0.25, -0.2) is 4.79 Å². The highest BCUT2D eigenvalue weighted by Gasteiger charge is 2.19. The first-order valence-corrected chi connectivity index (χ1v) is 6.57.